The van der Waals surface area contributed by atoms with Crippen LogP contribution in [-0.2, 0) is 22.4 Å². The number of aromatic amines is 1. The summed E-state index contributed by atoms with van der Waals surface area (Å²) < 4.78 is 5.64. The number of carbonyl (C=O) groups excluding carboxylic acids is 3. The largest absolute Gasteiger partial charge is 0.484 e. The van der Waals surface area contributed by atoms with E-state index in [4.69, 9.17) is 4.74 Å². The molecule has 1 atom stereocenters. The first-order chi connectivity index (χ1) is 18.0. The Labute approximate surface area is 214 Å². The minimum Gasteiger partial charge on any atom is -0.484 e. The highest BCUT2D eigenvalue weighted by atomic mass is 16.5. The number of nitrogens with one attached hydrogen (secondary N) is 2. The number of benzene rings is 2. The molecule has 1 aliphatic heterocycles. The summed E-state index contributed by atoms with van der Waals surface area (Å²) in [6, 6.07) is 12.6. The maximum atomic E-state index is 12.9. The summed E-state index contributed by atoms with van der Waals surface area (Å²) in [7, 11) is 0. The van der Waals surface area contributed by atoms with E-state index in [0.717, 1.165) is 36.8 Å². The first-order valence-electron chi connectivity index (χ1n) is 12.8. The number of nitrogens with zero attached hydrogens (tertiary/aromatic N) is 2. The molecule has 5 rings (SSSR count). The Morgan fingerprint density at radius 3 is 2.86 bits per heavy atom. The Morgan fingerprint density at radius 1 is 1.11 bits per heavy atom. The van der Waals surface area contributed by atoms with E-state index in [1.807, 2.05) is 24.3 Å². The van der Waals surface area contributed by atoms with Gasteiger partial charge in [-0.3, -0.25) is 19.2 Å². The van der Waals surface area contributed by atoms with Gasteiger partial charge >= 0.3 is 0 Å². The van der Waals surface area contributed by atoms with Crippen LogP contribution in [0, 0.1) is 0 Å². The van der Waals surface area contributed by atoms with Gasteiger partial charge in [-0.15, -0.1) is 0 Å². The summed E-state index contributed by atoms with van der Waals surface area (Å²) in [5, 5.41) is 2.87. The van der Waals surface area contributed by atoms with Gasteiger partial charge in [-0.2, -0.15) is 0 Å². The van der Waals surface area contributed by atoms with Crippen LogP contribution in [0.4, 0.5) is 0 Å². The van der Waals surface area contributed by atoms with Crippen molar-refractivity contribution in [2.45, 2.75) is 51.0 Å². The predicted molar refractivity (Wildman–Crippen MR) is 138 cm³/mol. The third-order valence-corrected chi connectivity index (χ3v) is 7.07. The van der Waals surface area contributed by atoms with Crippen molar-refractivity contribution in [3.63, 3.8) is 0 Å². The van der Waals surface area contributed by atoms with Crippen LogP contribution in [0.15, 0.2) is 47.3 Å². The Bertz CT molecular complexity index is 1400. The Hall–Kier alpha value is -4.01. The van der Waals surface area contributed by atoms with Crippen molar-refractivity contribution in [2.75, 3.05) is 19.7 Å². The van der Waals surface area contributed by atoms with E-state index in [1.54, 1.807) is 23.1 Å². The topological polar surface area (TPSA) is 121 Å². The van der Waals surface area contributed by atoms with Crippen LogP contribution >= 0.6 is 0 Å². The number of hydrogen-bond donors (Lipinski definition) is 2. The summed E-state index contributed by atoms with van der Waals surface area (Å²) in [5.74, 6) is 0.408. The molecule has 3 aromatic rings. The van der Waals surface area contributed by atoms with E-state index in [1.165, 1.54) is 0 Å². The molecule has 0 saturated carbocycles. The molecular formula is C28H30N4O5. The van der Waals surface area contributed by atoms with E-state index in [9.17, 15) is 19.2 Å². The molecule has 1 saturated heterocycles. The number of fused-ring (bicyclic) bond motifs is 2. The molecule has 2 N–H and O–H groups in total. The second-order valence-corrected chi connectivity index (χ2v) is 9.60. The first-order valence-corrected chi connectivity index (χ1v) is 12.8. The van der Waals surface area contributed by atoms with Crippen molar-refractivity contribution < 1.29 is 19.1 Å². The van der Waals surface area contributed by atoms with Crippen LogP contribution in [0.5, 0.6) is 5.75 Å². The number of carbonyl (C=O) groups is 3. The Morgan fingerprint density at radius 2 is 1.97 bits per heavy atom. The van der Waals surface area contributed by atoms with Gasteiger partial charge < -0.3 is 19.9 Å². The fourth-order valence-electron chi connectivity index (χ4n) is 5.13. The molecule has 2 aromatic carbocycles. The van der Waals surface area contributed by atoms with Crippen molar-refractivity contribution in [3.05, 3.63) is 69.6 Å². The Kier molecular flexibility index (Phi) is 7.30. The van der Waals surface area contributed by atoms with Crippen molar-refractivity contribution in [2.24, 2.45) is 0 Å². The van der Waals surface area contributed by atoms with Crippen molar-refractivity contribution in [1.82, 2.24) is 20.2 Å². The standard InChI is InChI=1S/C28H30N4O5/c33-25-9-3-5-18-15-20(10-11-21(18)25)37-17-26(34)29-16-19-6-4-14-32(19)27(35)13-12-24-28(36)31-23-8-2-1-7-22(23)30-24/h1-2,7-8,10-11,15,19H,3-6,9,12-14,16-17H2,(H,29,34)(H,31,36)/t19-/m0/s1. The van der Waals surface area contributed by atoms with Gasteiger partial charge in [0, 0.05) is 44.0 Å². The number of aromatic nitrogens is 2. The van der Waals surface area contributed by atoms with E-state index in [2.05, 4.69) is 15.3 Å². The van der Waals surface area contributed by atoms with E-state index >= 15 is 0 Å². The lowest BCUT2D eigenvalue weighted by atomic mass is 9.91. The number of rotatable bonds is 8. The summed E-state index contributed by atoms with van der Waals surface area (Å²) in [6.07, 6.45) is 4.36. The van der Waals surface area contributed by atoms with Crippen molar-refractivity contribution >= 4 is 28.6 Å². The minimum atomic E-state index is -0.276. The third-order valence-electron chi connectivity index (χ3n) is 7.07. The number of Topliss-reactive ketones (excluding diaryl/α,β-unsaturated/α-hetero) is 1. The van der Waals surface area contributed by atoms with Crippen LogP contribution in [0.2, 0.25) is 0 Å². The van der Waals surface area contributed by atoms with Crippen LogP contribution in [0.3, 0.4) is 0 Å². The zero-order valence-electron chi connectivity index (χ0n) is 20.6. The van der Waals surface area contributed by atoms with Gasteiger partial charge in [0.25, 0.3) is 11.5 Å². The molecule has 0 spiro atoms. The number of H-pyrrole nitrogens is 1. The number of ketones is 1. The number of amides is 2. The molecule has 37 heavy (non-hydrogen) atoms. The van der Waals surface area contributed by atoms with Gasteiger partial charge in [0.2, 0.25) is 5.91 Å². The maximum absolute atomic E-state index is 12.9. The summed E-state index contributed by atoms with van der Waals surface area (Å²) >= 11 is 0. The lowest BCUT2D eigenvalue weighted by Crippen LogP contribution is -2.44. The lowest BCUT2D eigenvalue weighted by molar-refractivity contribution is -0.132. The van der Waals surface area contributed by atoms with Crippen LogP contribution in [0.25, 0.3) is 11.0 Å². The van der Waals surface area contributed by atoms with Crippen LogP contribution in [0.1, 0.15) is 53.7 Å². The molecule has 2 heterocycles. The summed E-state index contributed by atoms with van der Waals surface area (Å²) in [4.78, 5) is 58.7. The van der Waals surface area contributed by atoms with Gasteiger partial charge in [-0.25, -0.2) is 4.98 Å². The molecule has 1 aliphatic carbocycles. The van der Waals surface area contributed by atoms with Crippen LogP contribution < -0.4 is 15.6 Å². The molecule has 1 fully saturated rings. The predicted octanol–water partition coefficient (Wildman–Crippen LogP) is 2.56. The molecule has 2 amide bonds. The number of ether oxygens (including phenoxy) is 1. The lowest BCUT2D eigenvalue weighted by Gasteiger charge is -2.25. The van der Waals surface area contributed by atoms with E-state index in [0.29, 0.717) is 42.0 Å². The second kappa shape index (κ2) is 10.9. The SMILES string of the molecule is O=C(COc1ccc2c(c1)CCCC2=O)NC[C@@H]1CCCN1C(=O)CCc1nc2ccccc2[nH]c1=O. The van der Waals surface area contributed by atoms with Crippen LogP contribution in [-0.4, -0.2) is 58.2 Å². The molecule has 9 nitrogen and oxygen atoms in total. The van der Waals surface area contributed by atoms with Gasteiger partial charge in [-0.05, 0) is 61.6 Å². The molecule has 192 valence electrons. The molecule has 0 radical (unpaired) electrons. The normalized spacial score (nSPS) is 17.0. The maximum Gasteiger partial charge on any atom is 0.270 e. The average Bonchev–Trinajstić information content (AvgIpc) is 3.38. The number of likely N-dealkylation sites (tertiary alicyclic amines) is 1. The van der Waals surface area contributed by atoms with Gasteiger partial charge in [0.15, 0.2) is 12.4 Å². The molecule has 2 aliphatic rings. The fraction of sp³-hybridized carbons (Fsp3) is 0.393. The molecular weight excluding hydrogens is 472 g/mol. The second-order valence-electron chi connectivity index (χ2n) is 9.60. The minimum absolute atomic E-state index is 0.0500. The quantitative estimate of drug-likeness (QED) is 0.488. The fourth-order valence-corrected chi connectivity index (χ4v) is 5.13. The zero-order chi connectivity index (χ0) is 25.8. The van der Waals surface area contributed by atoms with Crippen molar-refractivity contribution in [1.29, 1.82) is 0 Å². The monoisotopic (exact) mass is 502 g/mol. The smallest absolute Gasteiger partial charge is 0.270 e. The molecule has 0 bridgehead atoms. The van der Waals surface area contributed by atoms with Crippen molar-refractivity contribution in [3.8, 4) is 5.75 Å². The highest BCUT2D eigenvalue weighted by molar-refractivity contribution is 5.98. The third kappa shape index (κ3) is 5.71. The first kappa shape index (κ1) is 24.7. The summed E-state index contributed by atoms with van der Waals surface area (Å²) in [5.41, 5.74) is 3.15. The number of aryl methyl sites for hydroxylation is 2. The number of para-hydroxylation sites is 2. The highest BCUT2D eigenvalue weighted by Crippen LogP contribution is 2.25. The molecule has 0 unspecified atom stereocenters. The number of hydrogen-bond acceptors (Lipinski definition) is 6. The highest BCUT2D eigenvalue weighted by Gasteiger charge is 2.29. The average molecular weight is 503 g/mol. The van der Waals surface area contributed by atoms with Gasteiger partial charge in [-0.1, -0.05) is 12.1 Å². The van der Waals surface area contributed by atoms with Gasteiger partial charge in [0.05, 0.1) is 11.0 Å². The zero-order valence-corrected chi connectivity index (χ0v) is 20.6. The van der Waals surface area contributed by atoms with E-state index in [-0.39, 0.29) is 48.6 Å². The molecule has 1 aromatic heterocycles. The van der Waals surface area contributed by atoms with E-state index < -0.39 is 0 Å². The Balaban J connectivity index is 1.10. The van der Waals surface area contributed by atoms with Gasteiger partial charge in [0.1, 0.15) is 11.4 Å². The summed E-state index contributed by atoms with van der Waals surface area (Å²) in [6.45, 7) is 0.844. The molecule has 9 heteroatoms.